The number of ether oxygens (including phenoxy) is 1. The maximum absolute atomic E-state index is 11.6. The number of carboxylic acids is 1. The van der Waals surface area contributed by atoms with E-state index in [1.807, 2.05) is 6.92 Å². The number of hydrogen-bond acceptors (Lipinski definition) is 5. The van der Waals surface area contributed by atoms with Gasteiger partial charge in [-0.05, 0) is 39.0 Å². The fraction of sp³-hybridized carbons (Fsp3) is 0.800. The number of nitrogens with zero attached hydrogens (tertiary/aromatic N) is 2. The standard InChI is InChI=1S/C15H22N2O4/c1-14(6-4-5-9-20-14)12-16-11(21-17-12)10-15(13(18)19)7-2-3-8-15/h2-10H2,1H3,(H,18,19). The highest BCUT2D eigenvalue weighted by molar-refractivity contribution is 5.75. The van der Waals surface area contributed by atoms with E-state index in [9.17, 15) is 9.90 Å². The van der Waals surface area contributed by atoms with Gasteiger partial charge in [0.25, 0.3) is 0 Å². The van der Waals surface area contributed by atoms with Crippen LogP contribution in [0.25, 0.3) is 0 Å². The van der Waals surface area contributed by atoms with Crippen LogP contribution in [0.1, 0.15) is 63.6 Å². The van der Waals surface area contributed by atoms with Crippen molar-refractivity contribution in [2.75, 3.05) is 6.61 Å². The molecule has 2 fully saturated rings. The summed E-state index contributed by atoms with van der Waals surface area (Å²) in [6, 6.07) is 0. The summed E-state index contributed by atoms with van der Waals surface area (Å²) in [4.78, 5) is 16.0. The van der Waals surface area contributed by atoms with E-state index < -0.39 is 17.0 Å². The lowest BCUT2D eigenvalue weighted by atomic mass is 9.83. The van der Waals surface area contributed by atoms with Crippen molar-refractivity contribution in [1.82, 2.24) is 10.1 Å². The first kappa shape index (κ1) is 14.5. The number of aliphatic carboxylic acids is 1. The third-order valence-electron chi connectivity index (χ3n) is 4.91. The normalized spacial score (nSPS) is 28.6. The van der Waals surface area contributed by atoms with E-state index in [2.05, 4.69) is 10.1 Å². The Hall–Kier alpha value is -1.43. The Kier molecular flexibility index (Phi) is 3.73. The van der Waals surface area contributed by atoms with Gasteiger partial charge in [0.1, 0.15) is 5.60 Å². The molecule has 1 unspecified atom stereocenters. The molecule has 0 aromatic carbocycles. The molecule has 2 heterocycles. The Balaban J connectivity index is 1.77. The highest BCUT2D eigenvalue weighted by Crippen LogP contribution is 2.41. The average molecular weight is 294 g/mol. The quantitative estimate of drug-likeness (QED) is 0.918. The lowest BCUT2D eigenvalue weighted by Gasteiger charge is -2.30. The second kappa shape index (κ2) is 5.40. The molecule has 0 bridgehead atoms. The van der Waals surface area contributed by atoms with Crippen LogP contribution < -0.4 is 0 Å². The van der Waals surface area contributed by atoms with Gasteiger partial charge in [0.2, 0.25) is 11.7 Å². The second-order valence-corrected chi connectivity index (χ2v) is 6.52. The second-order valence-electron chi connectivity index (χ2n) is 6.52. The molecule has 1 N–H and O–H groups in total. The molecule has 1 aliphatic heterocycles. The zero-order valence-corrected chi connectivity index (χ0v) is 12.4. The third-order valence-corrected chi connectivity index (χ3v) is 4.91. The molecule has 3 rings (SSSR count). The van der Waals surface area contributed by atoms with Gasteiger partial charge in [-0.25, -0.2) is 0 Å². The van der Waals surface area contributed by atoms with Crippen molar-refractivity contribution in [1.29, 1.82) is 0 Å². The third kappa shape index (κ3) is 2.69. The zero-order valence-electron chi connectivity index (χ0n) is 12.4. The van der Waals surface area contributed by atoms with Crippen LogP contribution in [0, 0.1) is 5.41 Å². The minimum atomic E-state index is -0.750. The van der Waals surface area contributed by atoms with Gasteiger partial charge in [-0.2, -0.15) is 4.98 Å². The van der Waals surface area contributed by atoms with Crippen LogP contribution >= 0.6 is 0 Å². The largest absolute Gasteiger partial charge is 0.481 e. The summed E-state index contributed by atoms with van der Waals surface area (Å²) in [5.74, 6) is 0.223. The number of aromatic nitrogens is 2. The van der Waals surface area contributed by atoms with Crippen LogP contribution in [0.5, 0.6) is 0 Å². The molecule has 1 aromatic rings. The van der Waals surface area contributed by atoms with Crippen LogP contribution in [-0.4, -0.2) is 27.8 Å². The zero-order chi connectivity index (χ0) is 14.9. The predicted molar refractivity (Wildman–Crippen MR) is 73.7 cm³/mol. The van der Waals surface area contributed by atoms with E-state index >= 15 is 0 Å². The molecule has 6 nitrogen and oxygen atoms in total. The summed E-state index contributed by atoms with van der Waals surface area (Å²) in [5.41, 5.74) is -1.22. The van der Waals surface area contributed by atoms with Crippen molar-refractivity contribution in [3.8, 4) is 0 Å². The SMILES string of the molecule is CC1(c2noc(CC3(C(=O)O)CCCC3)n2)CCCCO1. The van der Waals surface area contributed by atoms with Crippen LogP contribution in [0.3, 0.4) is 0 Å². The van der Waals surface area contributed by atoms with Crippen molar-refractivity contribution in [3.63, 3.8) is 0 Å². The van der Waals surface area contributed by atoms with E-state index in [1.54, 1.807) is 0 Å². The van der Waals surface area contributed by atoms with Crippen molar-refractivity contribution in [2.45, 2.75) is 63.9 Å². The maximum atomic E-state index is 11.6. The van der Waals surface area contributed by atoms with E-state index in [4.69, 9.17) is 9.26 Å². The predicted octanol–water partition coefficient (Wildman–Crippen LogP) is 2.67. The fourth-order valence-electron chi connectivity index (χ4n) is 3.46. The first-order chi connectivity index (χ1) is 10.0. The molecule has 21 heavy (non-hydrogen) atoms. The Morgan fingerprint density at radius 2 is 1.95 bits per heavy atom. The molecule has 1 saturated carbocycles. The van der Waals surface area contributed by atoms with Crippen molar-refractivity contribution in [2.24, 2.45) is 5.41 Å². The molecular weight excluding hydrogens is 272 g/mol. The van der Waals surface area contributed by atoms with Gasteiger partial charge in [-0.1, -0.05) is 18.0 Å². The van der Waals surface area contributed by atoms with Crippen molar-refractivity contribution in [3.05, 3.63) is 11.7 Å². The Labute approximate surface area is 123 Å². The maximum Gasteiger partial charge on any atom is 0.310 e. The molecule has 1 aliphatic carbocycles. The fourth-order valence-corrected chi connectivity index (χ4v) is 3.46. The Bertz CT molecular complexity index is 513. The molecule has 0 spiro atoms. The number of rotatable bonds is 4. The summed E-state index contributed by atoms with van der Waals surface area (Å²) < 4.78 is 11.1. The van der Waals surface area contributed by atoms with Gasteiger partial charge < -0.3 is 14.4 Å². The summed E-state index contributed by atoms with van der Waals surface area (Å²) in [7, 11) is 0. The lowest BCUT2D eigenvalue weighted by molar-refractivity contribution is -0.148. The van der Waals surface area contributed by atoms with E-state index in [0.717, 1.165) is 32.1 Å². The van der Waals surface area contributed by atoms with Crippen LogP contribution in [0.2, 0.25) is 0 Å². The van der Waals surface area contributed by atoms with Crippen LogP contribution in [0.4, 0.5) is 0 Å². The smallest absolute Gasteiger partial charge is 0.310 e. The van der Waals surface area contributed by atoms with E-state index in [1.165, 1.54) is 0 Å². The molecule has 6 heteroatoms. The average Bonchev–Trinajstić information content (AvgIpc) is 3.10. The first-order valence-electron chi connectivity index (χ1n) is 7.75. The molecule has 1 atom stereocenters. The monoisotopic (exact) mass is 294 g/mol. The summed E-state index contributed by atoms with van der Waals surface area (Å²) in [6.07, 6.45) is 6.62. The minimum absolute atomic E-state index is 0.325. The molecular formula is C15H22N2O4. The number of carboxylic acid groups (broad SMARTS) is 1. The number of carbonyl (C=O) groups is 1. The number of hydrogen-bond donors (Lipinski definition) is 1. The van der Waals surface area contributed by atoms with Crippen molar-refractivity contribution < 1.29 is 19.2 Å². The van der Waals surface area contributed by atoms with Gasteiger partial charge in [0.15, 0.2) is 0 Å². The van der Waals surface area contributed by atoms with E-state index in [0.29, 0.717) is 37.6 Å². The van der Waals surface area contributed by atoms with Gasteiger partial charge in [0, 0.05) is 13.0 Å². The molecule has 116 valence electrons. The highest BCUT2D eigenvalue weighted by atomic mass is 16.5. The van der Waals surface area contributed by atoms with Gasteiger partial charge in [0.05, 0.1) is 5.41 Å². The van der Waals surface area contributed by atoms with Gasteiger partial charge in [-0.15, -0.1) is 0 Å². The summed E-state index contributed by atoms with van der Waals surface area (Å²) >= 11 is 0. The van der Waals surface area contributed by atoms with Gasteiger partial charge in [-0.3, -0.25) is 4.79 Å². The van der Waals surface area contributed by atoms with Crippen LogP contribution in [0.15, 0.2) is 4.52 Å². The van der Waals surface area contributed by atoms with Crippen molar-refractivity contribution >= 4 is 5.97 Å². The molecule has 1 aromatic heterocycles. The first-order valence-corrected chi connectivity index (χ1v) is 7.75. The molecule has 0 radical (unpaired) electrons. The highest BCUT2D eigenvalue weighted by Gasteiger charge is 2.43. The summed E-state index contributed by atoms with van der Waals surface area (Å²) in [6.45, 7) is 2.68. The topological polar surface area (TPSA) is 85.5 Å². The molecule has 2 aliphatic rings. The Morgan fingerprint density at radius 1 is 1.24 bits per heavy atom. The van der Waals surface area contributed by atoms with Crippen LogP contribution in [-0.2, 0) is 21.6 Å². The minimum Gasteiger partial charge on any atom is -0.481 e. The Morgan fingerprint density at radius 3 is 2.57 bits per heavy atom. The molecule has 0 amide bonds. The summed E-state index contributed by atoms with van der Waals surface area (Å²) in [5, 5.41) is 13.6. The van der Waals surface area contributed by atoms with E-state index in [-0.39, 0.29) is 0 Å². The lowest BCUT2D eigenvalue weighted by Crippen LogP contribution is -2.32. The van der Waals surface area contributed by atoms with Gasteiger partial charge >= 0.3 is 5.97 Å². The molecule has 1 saturated heterocycles.